The van der Waals surface area contributed by atoms with E-state index in [4.69, 9.17) is 14.2 Å². The van der Waals surface area contributed by atoms with Gasteiger partial charge >= 0.3 is 5.97 Å². The molecule has 6 nitrogen and oxygen atoms in total. The van der Waals surface area contributed by atoms with E-state index in [1.54, 1.807) is 19.1 Å². The van der Waals surface area contributed by atoms with Crippen LogP contribution in [0.4, 0.5) is 34.1 Å². The summed E-state index contributed by atoms with van der Waals surface area (Å²) in [4.78, 5) is 18.6. The highest BCUT2D eigenvalue weighted by atomic mass is 16.9. The molecule has 1 saturated heterocycles. The zero-order valence-electron chi connectivity index (χ0n) is 32.2. The number of hydrogen-bond donors (Lipinski definition) is 0. The third kappa shape index (κ3) is 8.56. The predicted octanol–water partition coefficient (Wildman–Crippen LogP) is 12.6. The second-order valence-electron chi connectivity index (χ2n) is 14.0. The van der Waals surface area contributed by atoms with E-state index in [0.29, 0.717) is 6.61 Å². The molecule has 6 aromatic carbocycles. The van der Waals surface area contributed by atoms with Crippen LogP contribution >= 0.6 is 0 Å². The molecule has 1 heterocycles. The molecule has 0 N–H and O–H groups in total. The van der Waals surface area contributed by atoms with Crippen LogP contribution in [0.15, 0.2) is 157 Å². The Morgan fingerprint density at radius 2 is 0.836 bits per heavy atom. The summed E-state index contributed by atoms with van der Waals surface area (Å²) in [6.45, 7) is 12.2. The van der Waals surface area contributed by atoms with Crippen LogP contribution in [-0.2, 0) is 19.0 Å². The summed E-state index contributed by atoms with van der Waals surface area (Å²) in [6.07, 6.45) is 3.52. The van der Waals surface area contributed by atoms with Gasteiger partial charge in [0.25, 0.3) is 5.78 Å². The minimum Gasteiger partial charge on any atom is -0.426 e. The Morgan fingerprint density at radius 1 is 0.509 bits per heavy atom. The van der Waals surface area contributed by atoms with E-state index in [1.165, 1.54) is 22.3 Å². The second-order valence-corrected chi connectivity index (χ2v) is 14.0. The Kier molecular flexibility index (Phi) is 10.7. The molecule has 6 aromatic rings. The number of ether oxygens (including phenoxy) is 3. The normalized spacial score (nSPS) is 16.8. The van der Waals surface area contributed by atoms with Crippen molar-refractivity contribution in [2.45, 2.75) is 47.5 Å². The van der Waals surface area contributed by atoms with Gasteiger partial charge in [-0.15, -0.1) is 0 Å². The van der Waals surface area contributed by atoms with Crippen molar-refractivity contribution in [3.05, 3.63) is 190 Å². The van der Waals surface area contributed by atoms with Gasteiger partial charge in [0.15, 0.2) is 11.5 Å². The van der Waals surface area contributed by atoms with Crippen LogP contribution in [0.2, 0.25) is 0 Å². The van der Waals surface area contributed by atoms with Gasteiger partial charge in [-0.05, 0) is 131 Å². The van der Waals surface area contributed by atoms with E-state index < -0.39 is 5.97 Å². The lowest BCUT2D eigenvalue weighted by atomic mass is 10.1. The standard InChI is InChI=1S/C49H46N2O4/c1-7-53-49(6)54-46(32-38-10-8-12-44(30-38)50(40-22-14-34(2)15-23-40)41-24-16-35(3)17-25-41)48(52)47(55-49)33-39-11-9-13-45(31-39)51(42-26-18-36(4)19-27-42)43-28-20-37(5)21-29-43/h8-33H,7H2,1-6H3/b46-32-,47-33-. The van der Waals surface area contributed by atoms with E-state index in [-0.39, 0.29) is 17.3 Å². The van der Waals surface area contributed by atoms with Crippen molar-refractivity contribution in [2.75, 3.05) is 16.4 Å². The van der Waals surface area contributed by atoms with Gasteiger partial charge < -0.3 is 24.0 Å². The van der Waals surface area contributed by atoms with E-state index in [9.17, 15) is 4.79 Å². The van der Waals surface area contributed by atoms with Crippen molar-refractivity contribution in [1.82, 2.24) is 0 Å². The Hall–Kier alpha value is -6.37. The molecule has 0 aromatic heterocycles. The van der Waals surface area contributed by atoms with Crippen LogP contribution in [0, 0.1) is 27.7 Å². The smallest absolute Gasteiger partial charge is 0.368 e. The topological polar surface area (TPSA) is 51.2 Å². The minimum atomic E-state index is -1.51. The van der Waals surface area contributed by atoms with Crippen molar-refractivity contribution >= 4 is 52.1 Å². The average Bonchev–Trinajstić information content (AvgIpc) is 3.17. The summed E-state index contributed by atoms with van der Waals surface area (Å²) in [7, 11) is 0. The monoisotopic (exact) mass is 726 g/mol. The van der Waals surface area contributed by atoms with Crippen molar-refractivity contribution in [3.63, 3.8) is 0 Å². The largest absolute Gasteiger partial charge is 0.426 e. The third-order valence-corrected chi connectivity index (χ3v) is 9.47. The minimum absolute atomic E-state index is 0.125. The first-order valence-electron chi connectivity index (χ1n) is 18.6. The molecular weight excluding hydrogens is 681 g/mol. The lowest BCUT2D eigenvalue weighted by Gasteiger charge is -2.35. The highest BCUT2D eigenvalue weighted by Crippen LogP contribution is 2.39. The second kappa shape index (κ2) is 15.9. The number of aryl methyl sites for hydroxylation is 4. The fourth-order valence-corrected chi connectivity index (χ4v) is 6.63. The van der Waals surface area contributed by atoms with Crippen LogP contribution in [0.25, 0.3) is 12.2 Å². The molecule has 7 rings (SSSR count). The first kappa shape index (κ1) is 37.0. The highest BCUT2D eigenvalue weighted by Gasteiger charge is 2.41. The molecule has 0 unspecified atom stereocenters. The zero-order chi connectivity index (χ0) is 38.5. The molecule has 55 heavy (non-hydrogen) atoms. The van der Waals surface area contributed by atoms with Crippen LogP contribution in [0.5, 0.6) is 0 Å². The molecular formula is C49H46N2O4. The van der Waals surface area contributed by atoms with Crippen LogP contribution in [0.1, 0.15) is 47.2 Å². The van der Waals surface area contributed by atoms with Crippen molar-refractivity contribution < 1.29 is 19.0 Å². The summed E-state index contributed by atoms with van der Waals surface area (Å²) in [5.41, 5.74) is 12.3. The van der Waals surface area contributed by atoms with Gasteiger partial charge in [-0.1, -0.05) is 95.1 Å². The van der Waals surface area contributed by atoms with Gasteiger partial charge in [0, 0.05) is 41.0 Å². The van der Waals surface area contributed by atoms with Crippen LogP contribution in [0.3, 0.4) is 0 Å². The predicted molar refractivity (Wildman–Crippen MR) is 224 cm³/mol. The molecule has 0 aliphatic carbocycles. The Labute approximate surface area is 324 Å². The van der Waals surface area contributed by atoms with E-state index in [1.807, 2.05) is 31.2 Å². The van der Waals surface area contributed by atoms with Gasteiger partial charge in [0.05, 0.1) is 6.61 Å². The Bertz CT molecular complexity index is 2090. The number of Topliss-reactive ketones (excluding diaryl/α,β-unsaturated/α-hetero) is 1. The van der Waals surface area contributed by atoms with Gasteiger partial charge in [-0.25, -0.2) is 0 Å². The SMILES string of the molecule is CCOC1(C)O/C(=C\c2cccc(N(c3ccc(C)cc3)c3ccc(C)cc3)c2)C(=O)/C(=C/c2cccc(N(c3ccc(C)cc3)c3ccc(C)cc3)c2)O1. The van der Waals surface area contributed by atoms with E-state index in [2.05, 4.69) is 159 Å². The molecule has 0 spiro atoms. The number of rotatable bonds is 10. The lowest BCUT2D eigenvalue weighted by molar-refractivity contribution is -0.343. The van der Waals surface area contributed by atoms with Gasteiger partial charge in [-0.3, -0.25) is 4.79 Å². The van der Waals surface area contributed by atoms with Crippen molar-refractivity contribution in [3.8, 4) is 0 Å². The number of anilines is 6. The molecule has 0 bridgehead atoms. The van der Waals surface area contributed by atoms with Crippen molar-refractivity contribution in [1.29, 1.82) is 0 Å². The number of nitrogens with zero attached hydrogens (tertiary/aromatic N) is 2. The summed E-state index contributed by atoms with van der Waals surface area (Å²) >= 11 is 0. The maximum Gasteiger partial charge on any atom is 0.368 e. The summed E-state index contributed by atoms with van der Waals surface area (Å²) < 4.78 is 18.3. The molecule has 0 amide bonds. The van der Waals surface area contributed by atoms with Crippen molar-refractivity contribution in [2.24, 2.45) is 0 Å². The summed E-state index contributed by atoms with van der Waals surface area (Å²) in [5, 5.41) is 0. The zero-order valence-corrected chi connectivity index (χ0v) is 32.2. The number of carbonyl (C=O) groups is 1. The average molecular weight is 727 g/mol. The third-order valence-electron chi connectivity index (χ3n) is 9.47. The number of carbonyl (C=O) groups excluding carboxylic acids is 1. The van der Waals surface area contributed by atoms with Gasteiger partial charge in [0.1, 0.15) is 0 Å². The molecule has 1 aliphatic rings. The number of hydrogen-bond acceptors (Lipinski definition) is 6. The fraction of sp³-hybridized carbons (Fsp3) is 0.163. The van der Waals surface area contributed by atoms with Gasteiger partial charge in [-0.2, -0.15) is 0 Å². The van der Waals surface area contributed by atoms with E-state index in [0.717, 1.165) is 45.3 Å². The maximum atomic E-state index is 14.2. The van der Waals surface area contributed by atoms with Crippen LogP contribution in [-0.4, -0.2) is 18.4 Å². The quantitative estimate of drug-likeness (QED) is 0.131. The number of benzene rings is 6. The fourth-order valence-electron chi connectivity index (χ4n) is 6.63. The Balaban J connectivity index is 1.26. The Morgan fingerprint density at radius 3 is 1.15 bits per heavy atom. The summed E-state index contributed by atoms with van der Waals surface area (Å²) in [5.74, 6) is -1.64. The van der Waals surface area contributed by atoms with E-state index >= 15 is 0 Å². The lowest BCUT2D eigenvalue weighted by Crippen LogP contribution is -2.42. The molecule has 1 aliphatic heterocycles. The summed E-state index contributed by atoms with van der Waals surface area (Å²) in [6, 6.07) is 49.9. The molecule has 0 atom stereocenters. The first-order chi connectivity index (χ1) is 26.6. The molecule has 0 radical (unpaired) electrons. The maximum absolute atomic E-state index is 14.2. The molecule has 276 valence electrons. The molecule has 1 fully saturated rings. The highest BCUT2D eigenvalue weighted by molar-refractivity contribution is 6.11. The van der Waals surface area contributed by atoms with Gasteiger partial charge in [0.2, 0.25) is 0 Å². The molecule has 6 heteroatoms. The first-order valence-corrected chi connectivity index (χ1v) is 18.6. The molecule has 0 saturated carbocycles. The number of ketones is 1. The van der Waals surface area contributed by atoms with Crippen LogP contribution < -0.4 is 9.80 Å².